The number of hydrogen-bond donors (Lipinski definition) is 3. The van der Waals surface area contributed by atoms with Gasteiger partial charge in [-0.15, -0.1) is 0 Å². The number of alkyl halides is 8. The van der Waals surface area contributed by atoms with Crippen LogP contribution in [0.3, 0.4) is 0 Å². The minimum Gasteiger partial charge on any atom is -0.379 e. The molecule has 0 saturated heterocycles. The van der Waals surface area contributed by atoms with E-state index in [0.29, 0.717) is 218 Å². The van der Waals surface area contributed by atoms with E-state index in [-0.39, 0.29) is 79.3 Å². The standard InChI is InChI=1S/C55H103F8N3O26/c56-52(57,50(67)2-1-6-69-10-14-73-18-22-77-26-30-81-34-38-85-42-46-89-47-43-86-39-35-82-31-27-78-23-19-74-15-11-70-7-3-64)91-54(60,61)55(62,63)92-53(58,59)51(68)66-5-9-72-13-17-76-21-25-80-29-33-84-37-41-88-45-49-90-48-44-87-40-36-83-32-28-79-24-20-75-16-12-71-8-4-65/h1-49,64-65H2,(H,66,68). The van der Waals surface area contributed by atoms with Crippen LogP contribution < -0.4 is 16.8 Å². The Labute approximate surface area is 533 Å². The second-order valence-electron chi connectivity index (χ2n) is 18.1. The number of carbonyl (C=O) groups is 2. The lowest BCUT2D eigenvalue weighted by Crippen LogP contribution is -2.56. The smallest absolute Gasteiger partial charge is 0.379 e. The second kappa shape index (κ2) is 65.8. The molecule has 5 N–H and O–H groups in total. The van der Waals surface area contributed by atoms with Crippen molar-refractivity contribution in [1.29, 1.82) is 0 Å². The summed E-state index contributed by atoms with van der Waals surface area (Å²) in [5.74, 6) is -5.04. The molecule has 0 aromatic heterocycles. The fourth-order valence-corrected chi connectivity index (χ4v) is 6.13. The molecule has 0 heterocycles. The van der Waals surface area contributed by atoms with Crippen molar-refractivity contribution < 1.29 is 158 Å². The van der Waals surface area contributed by atoms with Crippen molar-refractivity contribution in [1.82, 2.24) is 5.32 Å². The van der Waals surface area contributed by atoms with Crippen LogP contribution in [0.2, 0.25) is 0 Å². The minimum absolute atomic E-state index is 0.00705. The van der Waals surface area contributed by atoms with Gasteiger partial charge in [0.25, 0.3) is 0 Å². The van der Waals surface area contributed by atoms with Crippen LogP contribution in [0.15, 0.2) is 0 Å². The van der Waals surface area contributed by atoms with Gasteiger partial charge in [-0.25, -0.2) is 9.47 Å². The van der Waals surface area contributed by atoms with Crippen molar-refractivity contribution in [3.63, 3.8) is 0 Å². The summed E-state index contributed by atoms with van der Waals surface area (Å²) in [7, 11) is 0. The SMILES string of the molecule is NCCOCCOCCOCCOCCOCCOCCOCCOCCOCCOCCOCCCC(=O)C(F)(F)OC(F)(F)C(F)(F)OC(F)(F)C(=O)NCCOCCOCCOCCOCCOCCOCCOCCOCCOCCOCCOCCN. The predicted octanol–water partition coefficient (Wildman–Crippen LogP) is 1.14. The molecule has 0 aromatic carbocycles. The largest absolute Gasteiger partial charge is 0.453 e. The maximum atomic E-state index is 14.2. The number of ether oxygens (including phenoxy) is 24. The summed E-state index contributed by atoms with van der Waals surface area (Å²) in [5, 5.41) is 1.41. The van der Waals surface area contributed by atoms with E-state index in [9.17, 15) is 44.7 Å². The molecule has 0 radical (unpaired) electrons. The Morgan fingerprint density at radius 1 is 0.250 bits per heavy atom. The maximum Gasteiger partial charge on any atom is 0.453 e. The van der Waals surface area contributed by atoms with Gasteiger partial charge < -0.3 is 121 Å². The average Bonchev–Trinajstić information content (AvgIpc) is 0.793. The average molecular weight is 1370 g/mol. The van der Waals surface area contributed by atoms with Gasteiger partial charge in [0.1, 0.15) is 0 Å². The van der Waals surface area contributed by atoms with E-state index in [1.807, 2.05) is 0 Å². The Bertz CT molecular complexity index is 1490. The lowest BCUT2D eigenvalue weighted by molar-refractivity contribution is -0.499. The molecule has 0 aliphatic heterocycles. The van der Waals surface area contributed by atoms with Crippen LogP contribution in [-0.4, -0.2) is 346 Å². The van der Waals surface area contributed by atoms with Crippen LogP contribution in [0, 0.1) is 0 Å². The van der Waals surface area contributed by atoms with Crippen LogP contribution >= 0.6 is 0 Å². The van der Waals surface area contributed by atoms with Gasteiger partial charge in [-0.05, 0) is 6.42 Å². The summed E-state index contributed by atoms with van der Waals surface area (Å²) in [6.45, 7) is 13.9. The summed E-state index contributed by atoms with van der Waals surface area (Å²) in [6.07, 6.45) is -26.1. The van der Waals surface area contributed by atoms with Crippen LogP contribution in [0.1, 0.15) is 12.8 Å². The molecule has 0 atom stereocenters. The number of halogens is 8. The number of nitrogens with one attached hydrogen (secondary N) is 1. The number of rotatable bonds is 78. The number of hydrogen-bond acceptors (Lipinski definition) is 28. The third-order valence-electron chi connectivity index (χ3n) is 10.6. The summed E-state index contributed by atoms with van der Waals surface area (Å²) in [5.41, 5.74) is 10.7. The molecule has 550 valence electrons. The van der Waals surface area contributed by atoms with Crippen molar-refractivity contribution in [3.05, 3.63) is 0 Å². The zero-order chi connectivity index (χ0) is 67.5. The molecule has 0 fully saturated rings. The van der Waals surface area contributed by atoms with Gasteiger partial charge in [0.15, 0.2) is 0 Å². The number of ketones is 1. The normalized spacial score (nSPS) is 12.5. The Balaban J connectivity index is 3.72. The summed E-state index contributed by atoms with van der Waals surface area (Å²) in [4.78, 5) is 23.6. The van der Waals surface area contributed by atoms with Gasteiger partial charge in [0.05, 0.1) is 284 Å². The molecule has 0 saturated carbocycles. The first kappa shape index (κ1) is 89.5. The third kappa shape index (κ3) is 60.0. The highest BCUT2D eigenvalue weighted by Crippen LogP contribution is 2.43. The Hall–Kier alpha value is -2.46. The van der Waals surface area contributed by atoms with E-state index in [2.05, 4.69) is 9.47 Å². The van der Waals surface area contributed by atoms with Gasteiger partial charge in [-0.3, -0.25) is 9.59 Å². The first-order valence-corrected chi connectivity index (χ1v) is 30.5. The monoisotopic (exact) mass is 1370 g/mol. The first-order valence-electron chi connectivity index (χ1n) is 30.5. The molecule has 37 heteroatoms. The van der Waals surface area contributed by atoms with Crippen LogP contribution in [0.5, 0.6) is 0 Å². The zero-order valence-electron chi connectivity index (χ0n) is 52.9. The summed E-state index contributed by atoms with van der Waals surface area (Å²) < 4.78 is 236. The van der Waals surface area contributed by atoms with Crippen LogP contribution in [0.4, 0.5) is 35.1 Å². The molecule has 0 spiro atoms. The molecule has 0 aliphatic rings. The predicted molar refractivity (Wildman–Crippen MR) is 305 cm³/mol. The second-order valence-corrected chi connectivity index (χ2v) is 18.1. The summed E-state index contributed by atoms with van der Waals surface area (Å²) >= 11 is 0. The molecular weight excluding hydrogens is 1270 g/mol. The van der Waals surface area contributed by atoms with Gasteiger partial charge >= 0.3 is 30.3 Å². The molecule has 0 aromatic rings. The van der Waals surface area contributed by atoms with E-state index in [0.717, 1.165) is 0 Å². The van der Waals surface area contributed by atoms with E-state index in [4.69, 9.17) is 116 Å². The lowest BCUT2D eigenvalue weighted by Gasteiger charge is -2.30. The number of carbonyl (C=O) groups excluding carboxylic acids is 2. The third-order valence-corrected chi connectivity index (χ3v) is 10.6. The number of nitrogens with two attached hydrogens (primary N) is 2. The zero-order valence-corrected chi connectivity index (χ0v) is 52.9. The van der Waals surface area contributed by atoms with E-state index >= 15 is 0 Å². The first-order chi connectivity index (χ1) is 44.6. The van der Waals surface area contributed by atoms with E-state index in [1.54, 1.807) is 0 Å². The molecule has 0 aliphatic carbocycles. The van der Waals surface area contributed by atoms with Gasteiger partial charge in [0.2, 0.25) is 5.78 Å². The summed E-state index contributed by atoms with van der Waals surface area (Å²) in [6, 6.07) is 0. The lowest BCUT2D eigenvalue weighted by atomic mass is 10.2. The molecule has 0 unspecified atom stereocenters. The minimum atomic E-state index is -6.54. The molecule has 0 bridgehead atoms. The molecule has 0 rings (SSSR count). The van der Waals surface area contributed by atoms with Crippen molar-refractivity contribution >= 4 is 11.7 Å². The van der Waals surface area contributed by atoms with Crippen LogP contribution in [-0.2, 0) is 123 Å². The van der Waals surface area contributed by atoms with E-state index in [1.165, 1.54) is 5.32 Å². The van der Waals surface area contributed by atoms with Gasteiger partial charge in [-0.2, -0.15) is 35.1 Å². The highest BCUT2D eigenvalue weighted by molar-refractivity contribution is 5.84. The molecule has 92 heavy (non-hydrogen) atoms. The fourth-order valence-electron chi connectivity index (χ4n) is 6.13. The highest BCUT2D eigenvalue weighted by Gasteiger charge is 2.69. The Morgan fingerprint density at radius 2 is 0.424 bits per heavy atom. The highest BCUT2D eigenvalue weighted by atomic mass is 19.3. The maximum absolute atomic E-state index is 14.2. The Morgan fingerprint density at radius 3 is 0.630 bits per heavy atom. The fraction of sp³-hybridized carbons (Fsp3) is 0.964. The molecule has 29 nitrogen and oxygen atoms in total. The van der Waals surface area contributed by atoms with Crippen molar-refractivity contribution in [2.24, 2.45) is 11.5 Å². The number of Topliss-reactive ketones (excluding diaryl/α,β-unsaturated/α-hetero) is 1. The van der Waals surface area contributed by atoms with Gasteiger partial charge in [0, 0.05) is 32.7 Å². The van der Waals surface area contributed by atoms with Gasteiger partial charge in [-0.1, -0.05) is 0 Å². The van der Waals surface area contributed by atoms with Crippen LogP contribution in [0.25, 0.3) is 0 Å². The topological polar surface area (TPSA) is 320 Å². The molecule has 1 amide bonds. The van der Waals surface area contributed by atoms with Crippen molar-refractivity contribution in [2.45, 2.75) is 37.3 Å². The number of amides is 1. The Kier molecular flexibility index (Phi) is 64.0. The van der Waals surface area contributed by atoms with Crippen molar-refractivity contribution in [2.75, 3.05) is 310 Å². The van der Waals surface area contributed by atoms with E-state index < -0.39 is 62.1 Å². The quantitative estimate of drug-likeness (QED) is 0.0568. The van der Waals surface area contributed by atoms with Crippen molar-refractivity contribution in [3.8, 4) is 0 Å². The molecular formula is C55H103F8N3O26.